The minimum absolute atomic E-state index is 0.390. The molecule has 19 heavy (non-hydrogen) atoms. The largest absolute Gasteiger partial charge is 0.389 e. The van der Waals surface area contributed by atoms with E-state index < -0.39 is 0 Å². The van der Waals surface area contributed by atoms with Gasteiger partial charge in [-0.05, 0) is 41.0 Å². The molecule has 0 spiro atoms. The van der Waals surface area contributed by atoms with Gasteiger partial charge in [-0.3, -0.25) is 0 Å². The molecule has 0 saturated heterocycles. The molecule has 0 heterocycles. The molecular weight excluding hydrogens is 232 g/mol. The van der Waals surface area contributed by atoms with E-state index in [2.05, 4.69) is 42.5 Å². The third-order valence-electron chi connectivity index (χ3n) is 5.24. The summed E-state index contributed by atoms with van der Waals surface area (Å²) >= 11 is 0. The highest BCUT2D eigenvalue weighted by atomic mass is 16.3. The van der Waals surface area contributed by atoms with Crippen LogP contribution in [-0.2, 0) is 6.42 Å². The van der Waals surface area contributed by atoms with Gasteiger partial charge in [0.25, 0.3) is 0 Å². The standard InChI is InChI=1S/C18H20O/c19-18(16-7-3-4-8-17(16)18)12-13-9-10-14-5-1-2-6-15(14)11-13/h1-2,5-6,9-11,16-17,19H,3-4,7-8,12H2. The van der Waals surface area contributed by atoms with Gasteiger partial charge in [0.05, 0.1) is 5.60 Å². The molecule has 2 aromatic carbocycles. The molecule has 0 radical (unpaired) electrons. The Bertz CT molecular complexity index is 604. The normalized spacial score (nSPS) is 33.1. The van der Waals surface area contributed by atoms with Crippen LogP contribution in [0.2, 0.25) is 0 Å². The molecule has 4 rings (SSSR count). The van der Waals surface area contributed by atoms with Crippen molar-refractivity contribution in [1.29, 1.82) is 0 Å². The van der Waals surface area contributed by atoms with Crippen LogP contribution in [0.5, 0.6) is 0 Å². The lowest BCUT2D eigenvalue weighted by Crippen LogP contribution is -2.16. The van der Waals surface area contributed by atoms with Gasteiger partial charge in [0, 0.05) is 6.42 Å². The maximum absolute atomic E-state index is 10.8. The van der Waals surface area contributed by atoms with Crippen LogP contribution in [0.15, 0.2) is 42.5 Å². The highest BCUT2D eigenvalue weighted by Gasteiger charge is 2.63. The first kappa shape index (κ1) is 11.5. The minimum Gasteiger partial charge on any atom is -0.389 e. The Kier molecular flexibility index (Phi) is 2.46. The van der Waals surface area contributed by atoms with E-state index in [-0.39, 0.29) is 5.60 Å². The first-order valence-corrected chi connectivity index (χ1v) is 7.47. The average Bonchev–Trinajstić information content (AvgIpc) is 3.04. The second-order valence-corrected chi connectivity index (χ2v) is 6.35. The summed E-state index contributed by atoms with van der Waals surface area (Å²) in [5.74, 6) is 1.15. The Balaban J connectivity index is 1.62. The molecule has 2 unspecified atom stereocenters. The summed E-state index contributed by atoms with van der Waals surface area (Å²) in [4.78, 5) is 0. The molecule has 0 aliphatic heterocycles. The van der Waals surface area contributed by atoms with Gasteiger partial charge in [0.1, 0.15) is 0 Å². The van der Waals surface area contributed by atoms with E-state index in [0.717, 1.165) is 6.42 Å². The third kappa shape index (κ3) is 1.80. The van der Waals surface area contributed by atoms with Crippen molar-refractivity contribution in [2.75, 3.05) is 0 Å². The minimum atomic E-state index is -0.390. The Morgan fingerprint density at radius 3 is 2.37 bits per heavy atom. The fraction of sp³-hybridized carbons (Fsp3) is 0.444. The number of fused-ring (bicyclic) bond motifs is 2. The third-order valence-corrected chi connectivity index (χ3v) is 5.24. The van der Waals surface area contributed by atoms with Gasteiger partial charge in [-0.1, -0.05) is 55.3 Å². The molecule has 0 amide bonds. The monoisotopic (exact) mass is 252 g/mol. The van der Waals surface area contributed by atoms with Crippen LogP contribution in [-0.4, -0.2) is 10.7 Å². The van der Waals surface area contributed by atoms with Crippen molar-refractivity contribution in [2.45, 2.75) is 37.7 Å². The van der Waals surface area contributed by atoms with Gasteiger partial charge in [-0.2, -0.15) is 0 Å². The van der Waals surface area contributed by atoms with E-state index in [9.17, 15) is 5.11 Å². The van der Waals surface area contributed by atoms with E-state index in [1.54, 1.807) is 0 Å². The van der Waals surface area contributed by atoms with E-state index >= 15 is 0 Å². The summed E-state index contributed by atoms with van der Waals surface area (Å²) in [5.41, 5.74) is 0.898. The van der Waals surface area contributed by atoms with Crippen LogP contribution < -0.4 is 0 Å². The second-order valence-electron chi connectivity index (χ2n) is 6.35. The molecule has 1 heteroatoms. The summed E-state index contributed by atoms with van der Waals surface area (Å²) in [7, 11) is 0. The zero-order chi connectivity index (χ0) is 12.9. The fourth-order valence-corrected chi connectivity index (χ4v) is 4.16. The Labute approximate surface area is 114 Å². The molecule has 98 valence electrons. The highest BCUT2D eigenvalue weighted by molar-refractivity contribution is 5.83. The Hall–Kier alpha value is -1.34. The summed E-state index contributed by atoms with van der Waals surface area (Å²) in [6.45, 7) is 0. The number of rotatable bonds is 2. The molecule has 0 bridgehead atoms. The van der Waals surface area contributed by atoms with E-state index in [4.69, 9.17) is 0 Å². The molecule has 2 aliphatic rings. The fourth-order valence-electron chi connectivity index (χ4n) is 4.16. The smallest absolute Gasteiger partial charge is 0.0751 e. The van der Waals surface area contributed by atoms with Crippen LogP contribution in [0.1, 0.15) is 31.2 Å². The lowest BCUT2D eigenvalue weighted by atomic mass is 10.00. The zero-order valence-corrected chi connectivity index (χ0v) is 11.2. The lowest BCUT2D eigenvalue weighted by molar-refractivity contribution is 0.119. The van der Waals surface area contributed by atoms with Crippen molar-refractivity contribution >= 4 is 10.8 Å². The van der Waals surface area contributed by atoms with Crippen molar-refractivity contribution in [3.05, 3.63) is 48.0 Å². The predicted octanol–water partition coefficient (Wildman–Crippen LogP) is 3.93. The number of benzene rings is 2. The van der Waals surface area contributed by atoms with Gasteiger partial charge in [-0.25, -0.2) is 0 Å². The van der Waals surface area contributed by atoms with Crippen LogP contribution in [0, 0.1) is 11.8 Å². The summed E-state index contributed by atoms with van der Waals surface area (Å²) in [5, 5.41) is 13.4. The van der Waals surface area contributed by atoms with Gasteiger partial charge in [0.15, 0.2) is 0 Å². The number of hydrogen-bond acceptors (Lipinski definition) is 1. The van der Waals surface area contributed by atoms with Crippen LogP contribution >= 0.6 is 0 Å². The second kappa shape index (κ2) is 4.08. The molecule has 0 aromatic heterocycles. The molecule has 2 aliphatic carbocycles. The Morgan fingerprint density at radius 2 is 1.63 bits per heavy atom. The maximum atomic E-state index is 10.8. The highest BCUT2D eigenvalue weighted by Crippen LogP contribution is 2.59. The molecular formula is C18H20O. The van der Waals surface area contributed by atoms with Gasteiger partial charge < -0.3 is 5.11 Å². The van der Waals surface area contributed by atoms with E-state index in [1.165, 1.54) is 42.0 Å². The quantitative estimate of drug-likeness (QED) is 0.858. The number of aliphatic hydroxyl groups is 1. The maximum Gasteiger partial charge on any atom is 0.0751 e. The van der Waals surface area contributed by atoms with Gasteiger partial charge in [0.2, 0.25) is 0 Å². The molecule has 2 saturated carbocycles. The van der Waals surface area contributed by atoms with Crippen LogP contribution in [0.25, 0.3) is 10.8 Å². The van der Waals surface area contributed by atoms with Gasteiger partial charge >= 0.3 is 0 Å². The lowest BCUT2D eigenvalue weighted by Gasteiger charge is -2.11. The summed E-state index contributed by atoms with van der Waals surface area (Å²) < 4.78 is 0. The SMILES string of the molecule is OC1(Cc2ccc3ccccc3c2)C2CCCCC21. The first-order valence-electron chi connectivity index (χ1n) is 7.47. The van der Waals surface area contributed by atoms with Crippen molar-refractivity contribution < 1.29 is 5.11 Å². The molecule has 2 atom stereocenters. The molecule has 2 aromatic rings. The van der Waals surface area contributed by atoms with Crippen molar-refractivity contribution in [2.24, 2.45) is 11.8 Å². The zero-order valence-electron chi connectivity index (χ0n) is 11.2. The molecule has 1 nitrogen and oxygen atoms in total. The Morgan fingerprint density at radius 1 is 0.947 bits per heavy atom. The van der Waals surface area contributed by atoms with Crippen molar-refractivity contribution in [1.82, 2.24) is 0 Å². The van der Waals surface area contributed by atoms with Gasteiger partial charge in [-0.15, -0.1) is 0 Å². The van der Waals surface area contributed by atoms with Crippen molar-refractivity contribution in [3.63, 3.8) is 0 Å². The summed E-state index contributed by atoms with van der Waals surface area (Å²) in [6, 6.07) is 15.1. The molecule has 2 fully saturated rings. The molecule has 1 N–H and O–H groups in total. The predicted molar refractivity (Wildman–Crippen MR) is 78.0 cm³/mol. The van der Waals surface area contributed by atoms with E-state index in [1.807, 2.05) is 0 Å². The number of hydrogen-bond donors (Lipinski definition) is 1. The van der Waals surface area contributed by atoms with E-state index in [0.29, 0.717) is 11.8 Å². The van der Waals surface area contributed by atoms with Crippen LogP contribution in [0.4, 0.5) is 0 Å². The summed E-state index contributed by atoms with van der Waals surface area (Å²) in [6.07, 6.45) is 5.92. The van der Waals surface area contributed by atoms with Crippen molar-refractivity contribution in [3.8, 4) is 0 Å². The van der Waals surface area contributed by atoms with Crippen LogP contribution in [0.3, 0.4) is 0 Å². The first-order chi connectivity index (χ1) is 9.27. The average molecular weight is 252 g/mol. The topological polar surface area (TPSA) is 20.2 Å².